The molecule has 1 atom stereocenters. The van der Waals surface area contributed by atoms with Gasteiger partial charge in [-0.05, 0) is 25.1 Å². The summed E-state index contributed by atoms with van der Waals surface area (Å²) in [5.41, 5.74) is 0.833. The molecule has 0 aliphatic carbocycles. The summed E-state index contributed by atoms with van der Waals surface area (Å²) in [5, 5.41) is 15.9. The van der Waals surface area contributed by atoms with Gasteiger partial charge < -0.3 is 10.4 Å². The minimum Gasteiger partial charge on any atom is -0.480 e. The second-order valence-electron chi connectivity index (χ2n) is 4.19. The van der Waals surface area contributed by atoms with E-state index < -0.39 is 12.0 Å². The smallest absolute Gasteiger partial charge is 0.328 e. The van der Waals surface area contributed by atoms with Crippen molar-refractivity contribution in [2.45, 2.75) is 13.0 Å². The highest BCUT2D eigenvalue weighted by atomic mass is 35.5. The van der Waals surface area contributed by atoms with Gasteiger partial charge in [-0.1, -0.05) is 17.7 Å². The molecule has 1 aromatic heterocycles. The first kappa shape index (κ1) is 14.1. The molecular weight excluding hydrogens is 282 g/mol. The van der Waals surface area contributed by atoms with Crippen molar-refractivity contribution in [3.63, 3.8) is 0 Å². The molecule has 0 bridgehead atoms. The number of carboxylic acid groups (broad SMARTS) is 1. The predicted molar refractivity (Wildman–Crippen MR) is 74.0 cm³/mol. The predicted octanol–water partition coefficient (Wildman–Crippen LogP) is 2.43. The quantitative estimate of drug-likeness (QED) is 0.907. The van der Waals surface area contributed by atoms with Crippen LogP contribution in [0.3, 0.4) is 0 Å². The third kappa shape index (κ3) is 3.16. The monoisotopic (exact) mass is 293 g/mol. The number of nitrogens with zero attached hydrogens (tertiary/aromatic N) is 2. The van der Waals surface area contributed by atoms with Gasteiger partial charge in [-0.3, -0.25) is 9.48 Å². The van der Waals surface area contributed by atoms with E-state index in [0.717, 1.165) is 0 Å². The molecule has 0 saturated carbocycles. The summed E-state index contributed by atoms with van der Waals surface area (Å²) in [4.78, 5) is 22.8. The minimum absolute atomic E-state index is 0.276. The number of hydrogen-bond acceptors (Lipinski definition) is 3. The van der Waals surface area contributed by atoms with Crippen molar-refractivity contribution in [1.82, 2.24) is 9.78 Å². The van der Waals surface area contributed by atoms with Gasteiger partial charge in [0.1, 0.15) is 6.04 Å². The van der Waals surface area contributed by atoms with E-state index in [1.54, 1.807) is 24.3 Å². The molecule has 2 N–H and O–H groups in total. The Morgan fingerprint density at radius 3 is 2.85 bits per heavy atom. The van der Waals surface area contributed by atoms with Crippen LogP contribution in [0, 0.1) is 0 Å². The molecule has 0 spiro atoms. The molecule has 0 radical (unpaired) electrons. The summed E-state index contributed by atoms with van der Waals surface area (Å²) in [6, 6.07) is 5.90. The van der Waals surface area contributed by atoms with Crippen LogP contribution in [0.15, 0.2) is 36.7 Å². The number of hydrogen-bond donors (Lipinski definition) is 2. The molecular formula is C13H12ClN3O3. The Bertz CT molecular complexity index is 654. The number of carbonyl (C=O) groups excluding carboxylic acids is 1. The second-order valence-corrected chi connectivity index (χ2v) is 4.62. The van der Waals surface area contributed by atoms with Crippen molar-refractivity contribution in [3.05, 3.63) is 47.2 Å². The van der Waals surface area contributed by atoms with Crippen molar-refractivity contribution in [3.8, 4) is 0 Å². The highest BCUT2D eigenvalue weighted by Gasteiger charge is 2.16. The second kappa shape index (κ2) is 5.75. The summed E-state index contributed by atoms with van der Waals surface area (Å²) in [7, 11) is 0. The number of anilines is 1. The van der Waals surface area contributed by atoms with Gasteiger partial charge in [0, 0.05) is 16.9 Å². The molecule has 0 aliphatic heterocycles. The number of nitrogens with one attached hydrogen (secondary N) is 1. The zero-order valence-corrected chi connectivity index (χ0v) is 11.3. The third-order valence-electron chi connectivity index (χ3n) is 2.70. The summed E-state index contributed by atoms with van der Waals surface area (Å²) in [6.45, 7) is 1.48. The van der Waals surface area contributed by atoms with E-state index in [0.29, 0.717) is 10.7 Å². The van der Waals surface area contributed by atoms with E-state index in [-0.39, 0.29) is 11.5 Å². The van der Waals surface area contributed by atoms with Crippen LogP contribution < -0.4 is 5.32 Å². The molecule has 0 fully saturated rings. The van der Waals surface area contributed by atoms with Crippen LogP contribution in [0.1, 0.15) is 23.3 Å². The standard InChI is InChI=1S/C13H12ClN3O3/c1-8(13(19)20)17-7-9(6-15-17)12(18)16-11-4-2-3-10(14)5-11/h2-8H,1H3,(H,16,18)(H,19,20). The van der Waals surface area contributed by atoms with Crippen LogP contribution in [0.25, 0.3) is 0 Å². The maximum absolute atomic E-state index is 12.0. The molecule has 2 aromatic rings. The van der Waals surface area contributed by atoms with Crippen LogP contribution in [-0.2, 0) is 4.79 Å². The van der Waals surface area contributed by atoms with E-state index >= 15 is 0 Å². The molecule has 104 valence electrons. The van der Waals surface area contributed by atoms with Gasteiger partial charge in [0.15, 0.2) is 0 Å². The number of benzene rings is 1. The Morgan fingerprint density at radius 1 is 1.45 bits per heavy atom. The van der Waals surface area contributed by atoms with E-state index in [1.807, 2.05) is 0 Å². The fourth-order valence-electron chi connectivity index (χ4n) is 1.55. The Morgan fingerprint density at radius 2 is 2.20 bits per heavy atom. The Hall–Kier alpha value is -2.34. The lowest BCUT2D eigenvalue weighted by molar-refractivity contribution is -0.140. The van der Waals surface area contributed by atoms with Gasteiger partial charge in [-0.2, -0.15) is 5.10 Å². The summed E-state index contributed by atoms with van der Waals surface area (Å²) in [5.74, 6) is -1.40. The summed E-state index contributed by atoms with van der Waals surface area (Å²) in [6.07, 6.45) is 2.71. The average molecular weight is 294 g/mol. The van der Waals surface area contributed by atoms with Gasteiger partial charge in [0.25, 0.3) is 5.91 Å². The molecule has 20 heavy (non-hydrogen) atoms. The molecule has 2 rings (SSSR count). The van der Waals surface area contributed by atoms with Gasteiger partial charge in [-0.15, -0.1) is 0 Å². The van der Waals surface area contributed by atoms with Crippen LogP contribution in [-0.4, -0.2) is 26.8 Å². The first-order valence-corrected chi connectivity index (χ1v) is 6.19. The van der Waals surface area contributed by atoms with Crippen LogP contribution >= 0.6 is 11.6 Å². The van der Waals surface area contributed by atoms with Gasteiger partial charge in [0.05, 0.1) is 11.8 Å². The zero-order valence-electron chi connectivity index (χ0n) is 10.6. The number of halogens is 1. The molecule has 0 saturated heterocycles. The summed E-state index contributed by atoms with van der Waals surface area (Å²) < 4.78 is 1.22. The fraction of sp³-hybridized carbons (Fsp3) is 0.154. The highest BCUT2D eigenvalue weighted by Crippen LogP contribution is 2.16. The first-order chi connectivity index (χ1) is 9.47. The van der Waals surface area contributed by atoms with E-state index in [9.17, 15) is 9.59 Å². The molecule has 1 amide bonds. The molecule has 0 aliphatic rings. The van der Waals surface area contributed by atoms with E-state index in [4.69, 9.17) is 16.7 Å². The van der Waals surface area contributed by atoms with E-state index in [2.05, 4.69) is 10.4 Å². The van der Waals surface area contributed by atoms with Gasteiger partial charge in [0.2, 0.25) is 0 Å². The Kier molecular flexibility index (Phi) is 4.05. The molecule has 1 heterocycles. The van der Waals surface area contributed by atoms with Crippen LogP contribution in [0.2, 0.25) is 5.02 Å². The molecule has 1 aromatic carbocycles. The lowest BCUT2D eigenvalue weighted by Crippen LogP contribution is -2.16. The van der Waals surface area contributed by atoms with Crippen molar-refractivity contribution in [2.75, 3.05) is 5.32 Å². The maximum Gasteiger partial charge on any atom is 0.328 e. The number of carboxylic acids is 1. The van der Waals surface area contributed by atoms with Crippen LogP contribution in [0.5, 0.6) is 0 Å². The Balaban J connectivity index is 2.12. The SMILES string of the molecule is CC(C(=O)O)n1cc(C(=O)Nc2cccc(Cl)c2)cn1. The molecule has 7 heteroatoms. The first-order valence-electron chi connectivity index (χ1n) is 5.81. The lowest BCUT2D eigenvalue weighted by atomic mass is 10.3. The van der Waals surface area contributed by atoms with E-state index in [1.165, 1.54) is 24.0 Å². The van der Waals surface area contributed by atoms with Gasteiger partial charge >= 0.3 is 5.97 Å². The highest BCUT2D eigenvalue weighted by molar-refractivity contribution is 6.30. The largest absolute Gasteiger partial charge is 0.480 e. The molecule has 1 unspecified atom stereocenters. The zero-order chi connectivity index (χ0) is 14.7. The topological polar surface area (TPSA) is 84.2 Å². The third-order valence-corrected chi connectivity index (χ3v) is 2.94. The lowest BCUT2D eigenvalue weighted by Gasteiger charge is -2.05. The van der Waals surface area contributed by atoms with Crippen molar-refractivity contribution >= 4 is 29.2 Å². The number of aliphatic carboxylic acids is 1. The van der Waals surface area contributed by atoms with Crippen LogP contribution in [0.4, 0.5) is 5.69 Å². The van der Waals surface area contributed by atoms with Crippen molar-refractivity contribution in [2.24, 2.45) is 0 Å². The average Bonchev–Trinajstić information content (AvgIpc) is 2.87. The summed E-state index contributed by atoms with van der Waals surface area (Å²) >= 11 is 5.82. The maximum atomic E-state index is 12.0. The van der Waals surface area contributed by atoms with Crippen molar-refractivity contribution in [1.29, 1.82) is 0 Å². The fourth-order valence-corrected chi connectivity index (χ4v) is 1.74. The normalized spacial score (nSPS) is 11.9. The number of amides is 1. The van der Waals surface area contributed by atoms with Gasteiger partial charge in [-0.25, -0.2) is 4.79 Å². The number of rotatable bonds is 4. The number of carbonyl (C=O) groups is 2. The number of aromatic nitrogens is 2. The van der Waals surface area contributed by atoms with Crippen molar-refractivity contribution < 1.29 is 14.7 Å². The minimum atomic E-state index is -1.02. The Labute approximate surface area is 120 Å². The molecule has 6 nitrogen and oxygen atoms in total.